The fourth-order valence-corrected chi connectivity index (χ4v) is 3.14. The van der Waals surface area contributed by atoms with Crippen molar-refractivity contribution in [2.75, 3.05) is 13.1 Å². The molecule has 1 aliphatic heterocycles. The van der Waals surface area contributed by atoms with Crippen LogP contribution in [0.4, 0.5) is 0 Å². The van der Waals surface area contributed by atoms with Gasteiger partial charge in [0.2, 0.25) is 11.7 Å². The van der Waals surface area contributed by atoms with Crippen LogP contribution >= 0.6 is 0 Å². The van der Waals surface area contributed by atoms with Gasteiger partial charge in [0.1, 0.15) is 0 Å². The van der Waals surface area contributed by atoms with Crippen molar-refractivity contribution in [3.8, 4) is 11.4 Å². The SMILES string of the molecule is Cc1ccc(CN2CC[C@@H](c3nc(-c4cccnc4)no3)C2)cc1. The highest BCUT2D eigenvalue weighted by Crippen LogP contribution is 2.28. The molecule has 0 spiro atoms. The Morgan fingerprint density at radius 3 is 2.88 bits per heavy atom. The molecular weight excluding hydrogens is 300 g/mol. The Morgan fingerprint density at radius 2 is 2.08 bits per heavy atom. The van der Waals surface area contributed by atoms with Gasteiger partial charge >= 0.3 is 0 Å². The van der Waals surface area contributed by atoms with Crippen molar-refractivity contribution >= 4 is 0 Å². The zero-order valence-corrected chi connectivity index (χ0v) is 13.7. The number of rotatable bonds is 4. The first-order chi connectivity index (χ1) is 11.8. The van der Waals surface area contributed by atoms with Gasteiger partial charge in [0.25, 0.3) is 0 Å². The third-order valence-electron chi connectivity index (χ3n) is 4.51. The maximum atomic E-state index is 5.50. The number of benzene rings is 1. The molecule has 3 aromatic rings. The van der Waals surface area contributed by atoms with Gasteiger partial charge in [-0.05, 0) is 37.6 Å². The first-order valence-corrected chi connectivity index (χ1v) is 8.30. The standard InChI is InChI=1S/C19H20N4O/c1-14-4-6-15(7-5-14)12-23-10-8-17(13-23)19-21-18(22-24-19)16-3-2-9-20-11-16/h2-7,9,11,17H,8,10,12-13H2,1H3/t17-/m1/s1. The van der Waals surface area contributed by atoms with E-state index >= 15 is 0 Å². The van der Waals surface area contributed by atoms with E-state index in [9.17, 15) is 0 Å². The van der Waals surface area contributed by atoms with Crippen LogP contribution in [-0.4, -0.2) is 33.1 Å². The lowest BCUT2D eigenvalue weighted by molar-refractivity contribution is 0.309. The second-order valence-corrected chi connectivity index (χ2v) is 6.40. The van der Waals surface area contributed by atoms with Gasteiger partial charge in [0, 0.05) is 31.0 Å². The zero-order chi connectivity index (χ0) is 16.4. The number of nitrogens with zero attached hydrogens (tertiary/aromatic N) is 4. The minimum Gasteiger partial charge on any atom is -0.339 e. The van der Waals surface area contributed by atoms with E-state index in [1.54, 1.807) is 12.4 Å². The summed E-state index contributed by atoms with van der Waals surface area (Å²) in [7, 11) is 0. The molecule has 0 unspecified atom stereocenters. The Hall–Kier alpha value is -2.53. The number of pyridine rings is 1. The van der Waals surface area contributed by atoms with Crippen LogP contribution < -0.4 is 0 Å². The molecule has 0 N–H and O–H groups in total. The third kappa shape index (κ3) is 3.21. The van der Waals surface area contributed by atoms with Gasteiger partial charge in [0.05, 0.1) is 5.92 Å². The lowest BCUT2D eigenvalue weighted by Crippen LogP contribution is -2.19. The van der Waals surface area contributed by atoms with Gasteiger partial charge in [-0.1, -0.05) is 35.0 Å². The van der Waals surface area contributed by atoms with E-state index in [-0.39, 0.29) is 0 Å². The van der Waals surface area contributed by atoms with Crippen molar-refractivity contribution in [3.05, 3.63) is 65.8 Å². The summed E-state index contributed by atoms with van der Waals surface area (Å²) in [6.07, 6.45) is 4.55. The van der Waals surface area contributed by atoms with Gasteiger partial charge in [0.15, 0.2) is 0 Å². The normalized spacial score (nSPS) is 18.1. The average Bonchev–Trinajstić information content (AvgIpc) is 3.27. The maximum absolute atomic E-state index is 5.50. The molecule has 1 fully saturated rings. The fraction of sp³-hybridized carbons (Fsp3) is 0.316. The quantitative estimate of drug-likeness (QED) is 0.737. The van der Waals surface area contributed by atoms with Crippen molar-refractivity contribution in [2.24, 2.45) is 0 Å². The number of hydrogen-bond donors (Lipinski definition) is 0. The topological polar surface area (TPSA) is 55.1 Å². The Balaban J connectivity index is 1.42. The summed E-state index contributed by atoms with van der Waals surface area (Å²) >= 11 is 0. The van der Waals surface area contributed by atoms with Crippen LogP contribution in [0.1, 0.15) is 29.4 Å². The molecule has 1 atom stereocenters. The second kappa shape index (κ2) is 6.53. The molecule has 4 rings (SSSR count). The molecular formula is C19H20N4O. The number of hydrogen-bond acceptors (Lipinski definition) is 5. The van der Waals surface area contributed by atoms with E-state index < -0.39 is 0 Å². The molecule has 0 bridgehead atoms. The zero-order valence-electron chi connectivity index (χ0n) is 13.7. The van der Waals surface area contributed by atoms with E-state index in [1.807, 2.05) is 12.1 Å². The van der Waals surface area contributed by atoms with Crippen LogP contribution in [0.2, 0.25) is 0 Å². The van der Waals surface area contributed by atoms with Crippen molar-refractivity contribution in [3.63, 3.8) is 0 Å². The monoisotopic (exact) mass is 320 g/mol. The first kappa shape index (κ1) is 15.0. The summed E-state index contributed by atoms with van der Waals surface area (Å²) in [4.78, 5) is 11.1. The number of aryl methyl sites for hydroxylation is 1. The largest absolute Gasteiger partial charge is 0.339 e. The summed E-state index contributed by atoms with van der Waals surface area (Å²) in [6, 6.07) is 12.6. The summed E-state index contributed by atoms with van der Waals surface area (Å²) < 4.78 is 5.50. The van der Waals surface area contributed by atoms with Gasteiger partial charge < -0.3 is 4.52 Å². The molecule has 3 heterocycles. The third-order valence-corrected chi connectivity index (χ3v) is 4.51. The van der Waals surface area contributed by atoms with E-state index in [2.05, 4.69) is 51.2 Å². The summed E-state index contributed by atoms with van der Waals surface area (Å²) in [5, 5.41) is 4.11. The molecule has 5 nitrogen and oxygen atoms in total. The molecule has 1 aliphatic rings. The molecule has 0 aliphatic carbocycles. The minimum atomic E-state index is 0.313. The Morgan fingerprint density at radius 1 is 1.21 bits per heavy atom. The molecule has 0 amide bonds. The van der Waals surface area contributed by atoms with E-state index in [4.69, 9.17) is 4.52 Å². The first-order valence-electron chi connectivity index (χ1n) is 8.30. The average molecular weight is 320 g/mol. The summed E-state index contributed by atoms with van der Waals surface area (Å²) in [6.45, 7) is 5.11. The van der Waals surface area contributed by atoms with E-state index in [0.29, 0.717) is 11.7 Å². The molecule has 122 valence electrons. The predicted molar refractivity (Wildman–Crippen MR) is 91.3 cm³/mol. The lowest BCUT2D eigenvalue weighted by atomic mass is 10.1. The Kier molecular flexibility index (Phi) is 4.09. The molecule has 24 heavy (non-hydrogen) atoms. The predicted octanol–water partition coefficient (Wildman–Crippen LogP) is 3.43. The Bertz CT molecular complexity index is 798. The van der Waals surface area contributed by atoms with Gasteiger partial charge in [-0.3, -0.25) is 9.88 Å². The maximum Gasteiger partial charge on any atom is 0.231 e. The number of aromatic nitrogens is 3. The second-order valence-electron chi connectivity index (χ2n) is 6.40. The summed E-state index contributed by atoms with van der Waals surface area (Å²) in [5.74, 6) is 1.67. The molecule has 0 saturated carbocycles. The minimum absolute atomic E-state index is 0.313. The van der Waals surface area contributed by atoms with Gasteiger partial charge in [-0.25, -0.2) is 0 Å². The molecule has 5 heteroatoms. The van der Waals surface area contributed by atoms with Gasteiger partial charge in [-0.2, -0.15) is 4.98 Å². The van der Waals surface area contributed by atoms with Crippen LogP contribution in [0.15, 0.2) is 53.3 Å². The Labute approximate surface area is 141 Å². The highest BCUT2D eigenvalue weighted by Gasteiger charge is 2.28. The van der Waals surface area contributed by atoms with Crippen LogP contribution in [-0.2, 0) is 6.54 Å². The van der Waals surface area contributed by atoms with Crippen molar-refractivity contribution in [2.45, 2.75) is 25.8 Å². The molecule has 2 aromatic heterocycles. The van der Waals surface area contributed by atoms with Crippen LogP contribution in [0, 0.1) is 6.92 Å². The highest BCUT2D eigenvalue weighted by molar-refractivity contribution is 5.51. The van der Waals surface area contributed by atoms with Crippen molar-refractivity contribution in [1.29, 1.82) is 0 Å². The van der Waals surface area contributed by atoms with E-state index in [0.717, 1.165) is 37.5 Å². The van der Waals surface area contributed by atoms with Gasteiger partial charge in [-0.15, -0.1) is 0 Å². The lowest BCUT2D eigenvalue weighted by Gasteiger charge is -2.15. The highest BCUT2D eigenvalue weighted by atomic mass is 16.5. The molecule has 1 aromatic carbocycles. The summed E-state index contributed by atoms with van der Waals surface area (Å²) in [5.41, 5.74) is 3.54. The fourth-order valence-electron chi connectivity index (χ4n) is 3.14. The molecule has 0 radical (unpaired) electrons. The van der Waals surface area contributed by atoms with Crippen LogP contribution in [0.3, 0.4) is 0 Å². The van der Waals surface area contributed by atoms with Crippen LogP contribution in [0.5, 0.6) is 0 Å². The van der Waals surface area contributed by atoms with E-state index in [1.165, 1.54) is 11.1 Å². The molecule has 1 saturated heterocycles. The van der Waals surface area contributed by atoms with Crippen molar-refractivity contribution in [1.82, 2.24) is 20.0 Å². The van der Waals surface area contributed by atoms with Crippen LogP contribution in [0.25, 0.3) is 11.4 Å². The van der Waals surface area contributed by atoms with Crippen molar-refractivity contribution < 1.29 is 4.52 Å². The number of likely N-dealkylation sites (tertiary alicyclic amines) is 1. The smallest absolute Gasteiger partial charge is 0.231 e.